The van der Waals surface area contributed by atoms with Crippen molar-refractivity contribution in [3.63, 3.8) is 0 Å². The van der Waals surface area contributed by atoms with Gasteiger partial charge in [-0.25, -0.2) is 0 Å². The van der Waals surface area contributed by atoms with Crippen molar-refractivity contribution in [2.45, 2.75) is 52.2 Å². The standard InChI is InChI=1S/C21H26ClNO2/c1-5-6-16-7-9-17(10-8-16)15(2)23-20(24)21(3,4)25-19-13-11-18(22)12-14-19/h7-15H,5-6H2,1-4H3,(H,23,24)/t15-/m1/s1. The number of halogens is 1. The van der Waals surface area contributed by atoms with E-state index < -0.39 is 5.60 Å². The highest BCUT2D eigenvalue weighted by Gasteiger charge is 2.31. The lowest BCUT2D eigenvalue weighted by molar-refractivity contribution is -0.134. The van der Waals surface area contributed by atoms with Crippen LogP contribution in [0.15, 0.2) is 48.5 Å². The van der Waals surface area contributed by atoms with Crippen LogP contribution in [0, 0.1) is 0 Å². The SMILES string of the molecule is CCCc1ccc([C@@H](C)NC(=O)C(C)(C)Oc2ccc(Cl)cc2)cc1. The van der Waals surface area contributed by atoms with E-state index in [-0.39, 0.29) is 11.9 Å². The van der Waals surface area contributed by atoms with E-state index in [4.69, 9.17) is 16.3 Å². The van der Waals surface area contributed by atoms with Crippen molar-refractivity contribution in [1.82, 2.24) is 5.32 Å². The quantitative estimate of drug-likeness (QED) is 0.725. The highest BCUT2D eigenvalue weighted by Crippen LogP contribution is 2.22. The van der Waals surface area contributed by atoms with Gasteiger partial charge in [0, 0.05) is 5.02 Å². The summed E-state index contributed by atoms with van der Waals surface area (Å²) in [5.74, 6) is 0.453. The number of carbonyl (C=O) groups is 1. The Morgan fingerprint density at radius 2 is 1.72 bits per heavy atom. The minimum Gasteiger partial charge on any atom is -0.478 e. The first-order valence-corrected chi connectivity index (χ1v) is 9.04. The number of ether oxygens (including phenoxy) is 1. The summed E-state index contributed by atoms with van der Waals surface area (Å²) >= 11 is 5.88. The molecule has 1 N–H and O–H groups in total. The average molecular weight is 360 g/mol. The number of benzene rings is 2. The summed E-state index contributed by atoms with van der Waals surface area (Å²) in [5, 5.41) is 3.66. The summed E-state index contributed by atoms with van der Waals surface area (Å²) in [6.07, 6.45) is 2.20. The Balaban J connectivity index is 1.99. The fraction of sp³-hybridized carbons (Fsp3) is 0.381. The van der Waals surface area contributed by atoms with E-state index in [0.29, 0.717) is 10.8 Å². The highest BCUT2D eigenvalue weighted by atomic mass is 35.5. The monoisotopic (exact) mass is 359 g/mol. The maximum absolute atomic E-state index is 12.6. The molecule has 1 atom stereocenters. The lowest BCUT2D eigenvalue weighted by Gasteiger charge is -2.27. The fourth-order valence-electron chi connectivity index (χ4n) is 2.56. The third kappa shape index (κ3) is 5.50. The Bertz CT molecular complexity index is 693. The van der Waals surface area contributed by atoms with Crippen LogP contribution in [0.2, 0.25) is 5.02 Å². The molecule has 134 valence electrons. The van der Waals surface area contributed by atoms with Gasteiger partial charge in [-0.05, 0) is 62.6 Å². The second-order valence-electron chi connectivity index (χ2n) is 6.75. The number of hydrogen-bond acceptors (Lipinski definition) is 2. The van der Waals surface area contributed by atoms with Crippen LogP contribution >= 0.6 is 11.6 Å². The lowest BCUT2D eigenvalue weighted by Crippen LogP contribution is -2.47. The molecular weight excluding hydrogens is 334 g/mol. The van der Waals surface area contributed by atoms with Gasteiger partial charge in [0.15, 0.2) is 5.60 Å². The van der Waals surface area contributed by atoms with Crippen molar-refractivity contribution in [3.8, 4) is 5.75 Å². The number of hydrogen-bond donors (Lipinski definition) is 1. The summed E-state index contributed by atoms with van der Waals surface area (Å²) in [6.45, 7) is 7.66. The summed E-state index contributed by atoms with van der Waals surface area (Å²) in [6, 6.07) is 15.3. The third-order valence-corrected chi connectivity index (χ3v) is 4.35. The second-order valence-corrected chi connectivity index (χ2v) is 7.19. The van der Waals surface area contributed by atoms with Gasteiger partial charge in [0.2, 0.25) is 0 Å². The molecule has 2 aromatic carbocycles. The number of carbonyl (C=O) groups excluding carboxylic acids is 1. The van der Waals surface area contributed by atoms with E-state index >= 15 is 0 Å². The van der Waals surface area contributed by atoms with Crippen LogP contribution in [0.1, 0.15) is 51.3 Å². The third-order valence-electron chi connectivity index (χ3n) is 4.10. The molecule has 0 saturated heterocycles. The minimum absolute atomic E-state index is 0.0868. The Labute approximate surface area is 155 Å². The second kappa shape index (κ2) is 8.39. The van der Waals surface area contributed by atoms with E-state index in [0.717, 1.165) is 18.4 Å². The summed E-state index contributed by atoms with van der Waals surface area (Å²) in [7, 11) is 0. The zero-order valence-electron chi connectivity index (χ0n) is 15.3. The molecule has 0 spiro atoms. The molecule has 0 fully saturated rings. The predicted octanol–water partition coefficient (Wildman–Crippen LogP) is 5.33. The van der Waals surface area contributed by atoms with E-state index in [2.05, 4.69) is 36.5 Å². The van der Waals surface area contributed by atoms with E-state index in [1.54, 1.807) is 38.1 Å². The Morgan fingerprint density at radius 1 is 1.12 bits per heavy atom. The Hall–Kier alpha value is -2.00. The van der Waals surface area contributed by atoms with Gasteiger partial charge < -0.3 is 10.1 Å². The van der Waals surface area contributed by atoms with Crippen LogP contribution in [0.4, 0.5) is 0 Å². The molecule has 4 heteroatoms. The molecule has 0 aliphatic heterocycles. The van der Waals surface area contributed by atoms with Gasteiger partial charge in [0.1, 0.15) is 5.75 Å². The van der Waals surface area contributed by atoms with E-state index in [1.807, 2.05) is 6.92 Å². The van der Waals surface area contributed by atoms with Crippen molar-refractivity contribution in [2.24, 2.45) is 0 Å². The summed E-state index contributed by atoms with van der Waals surface area (Å²) in [4.78, 5) is 12.6. The Kier molecular flexibility index (Phi) is 6.49. The smallest absolute Gasteiger partial charge is 0.264 e. The van der Waals surface area contributed by atoms with Crippen molar-refractivity contribution in [3.05, 3.63) is 64.7 Å². The zero-order chi connectivity index (χ0) is 18.4. The summed E-state index contributed by atoms with van der Waals surface area (Å²) < 4.78 is 5.84. The van der Waals surface area contributed by atoms with Gasteiger partial charge >= 0.3 is 0 Å². The minimum atomic E-state index is -0.982. The van der Waals surface area contributed by atoms with Gasteiger partial charge in [-0.15, -0.1) is 0 Å². The molecule has 0 aromatic heterocycles. The van der Waals surface area contributed by atoms with Crippen LogP contribution in [0.25, 0.3) is 0 Å². The van der Waals surface area contributed by atoms with Gasteiger partial charge in [0.05, 0.1) is 6.04 Å². The molecule has 3 nitrogen and oxygen atoms in total. The number of rotatable bonds is 7. The van der Waals surface area contributed by atoms with Crippen molar-refractivity contribution in [1.29, 1.82) is 0 Å². The molecule has 0 radical (unpaired) electrons. The molecule has 2 aromatic rings. The first-order chi connectivity index (χ1) is 11.8. The maximum Gasteiger partial charge on any atom is 0.264 e. The van der Waals surface area contributed by atoms with Gasteiger partial charge in [-0.1, -0.05) is 49.2 Å². The number of nitrogens with one attached hydrogen (secondary N) is 1. The van der Waals surface area contributed by atoms with Crippen molar-refractivity contribution < 1.29 is 9.53 Å². The van der Waals surface area contributed by atoms with Crippen LogP contribution < -0.4 is 10.1 Å². The highest BCUT2D eigenvalue weighted by molar-refractivity contribution is 6.30. The van der Waals surface area contributed by atoms with Crippen molar-refractivity contribution in [2.75, 3.05) is 0 Å². The predicted molar refractivity (Wildman–Crippen MR) is 103 cm³/mol. The molecule has 25 heavy (non-hydrogen) atoms. The first kappa shape index (κ1) is 19.3. The lowest BCUT2D eigenvalue weighted by atomic mass is 10.0. The average Bonchev–Trinajstić information content (AvgIpc) is 2.57. The number of amides is 1. The largest absolute Gasteiger partial charge is 0.478 e. The van der Waals surface area contributed by atoms with Crippen LogP contribution in [0.3, 0.4) is 0 Å². The van der Waals surface area contributed by atoms with Crippen LogP contribution in [0.5, 0.6) is 5.75 Å². The van der Waals surface area contributed by atoms with Crippen molar-refractivity contribution >= 4 is 17.5 Å². The van der Waals surface area contributed by atoms with Crippen LogP contribution in [-0.2, 0) is 11.2 Å². The van der Waals surface area contributed by atoms with Crippen LogP contribution in [-0.4, -0.2) is 11.5 Å². The topological polar surface area (TPSA) is 38.3 Å². The Morgan fingerprint density at radius 3 is 2.28 bits per heavy atom. The number of aryl methyl sites for hydroxylation is 1. The fourth-order valence-corrected chi connectivity index (χ4v) is 2.69. The molecule has 0 aliphatic carbocycles. The first-order valence-electron chi connectivity index (χ1n) is 8.66. The molecule has 2 rings (SSSR count). The molecule has 0 aliphatic rings. The summed E-state index contributed by atoms with van der Waals surface area (Å²) in [5.41, 5.74) is 1.41. The molecule has 0 unspecified atom stereocenters. The maximum atomic E-state index is 12.6. The van der Waals surface area contributed by atoms with E-state index in [9.17, 15) is 4.79 Å². The molecule has 0 heterocycles. The normalized spacial score (nSPS) is 12.5. The van der Waals surface area contributed by atoms with E-state index in [1.165, 1.54) is 5.56 Å². The van der Waals surface area contributed by atoms with Gasteiger partial charge in [0.25, 0.3) is 5.91 Å². The zero-order valence-corrected chi connectivity index (χ0v) is 16.1. The molecule has 0 bridgehead atoms. The molecular formula is C21H26ClNO2. The van der Waals surface area contributed by atoms with Gasteiger partial charge in [-0.2, -0.15) is 0 Å². The van der Waals surface area contributed by atoms with Gasteiger partial charge in [-0.3, -0.25) is 4.79 Å². The molecule has 0 saturated carbocycles. The molecule has 1 amide bonds.